The molecule has 0 radical (unpaired) electrons. The maximum Gasteiger partial charge on any atom is 0.269 e. The summed E-state index contributed by atoms with van der Waals surface area (Å²) in [6.07, 6.45) is 3.14. The van der Waals surface area contributed by atoms with Gasteiger partial charge in [-0.2, -0.15) is 0 Å². The fourth-order valence-electron chi connectivity index (χ4n) is 2.56. The van der Waals surface area contributed by atoms with E-state index in [9.17, 15) is 4.79 Å². The molecule has 0 atom stereocenters. The average Bonchev–Trinajstić information content (AvgIpc) is 3.36. The molecular formula is C18H14N4O2S2. The van der Waals surface area contributed by atoms with Gasteiger partial charge in [0.25, 0.3) is 5.91 Å². The van der Waals surface area contributed by atoms with E-state index in [2.05, 4.69) is 32.9 Å². The van der Waals surface area contributed by atoms with E-state index in [0.29, 0.717) is 10.6 Å². The van der Waals surface area contributed by atoms with Gasteiger partial charge in [0.1, 0.15) is 4.88 Å². The Hall–Kier alpha value is -2.84. The van der Waals surface area contributed by atoms with Crippen LogP contribution in [0.3, 0.4) is 0 Å². The number of carbonyl (C=O) groups is 1. The van der Waals surface area contributed by atoms with E-state index in [1.54, 1.807) is 24.5 Å². The van der Waals surface area contributed by atoms with Crippen LogP contribution in [-0.2, 0) is 0 Å². The number of amides is 1. The Balaban J connectivity index is 1.55. The normalized spacial score (nSPS) is 10.8. The lowest BCUT2D eigenvalue weighted by Crippen LogP contribution is -2.11. The molecule has 1 amide bonds. The van der Waals surface area contributed by atoms with E-state index in [0.717, 1.165) is 38.3 Å². The topological polar surface area (TPSA) is 80.9 Å². The van der Waals surface area contributed by atoms with Crippen LogP contribution in [0.4, 0.5) is 5.69 Å². The van der Waals surface area contributed by atoms with E-state index >= 15 is 0 Å². The Bertz CT molecular complexity index is 1050. The third kappa shape index (κ3) is 3.16. The van der Waals surface area contributed by atoms with E-state index < -0.39 is 0 Å². The number of benzene rings is 1. The van der Waals surface area contributed by atoms with Gasteiger partial charge in [-0.1, -0.05) is 16.6 Å². The molecule has 0 saturated carbocycles. The third-order valence-corrected chi connectivity index (χ3v) is 5.98. The molecule has 3 heterocycles. The summed E-state index contributed by atoms with van der Waals surface area (Å²) in [5.74, 6) is 0.576. The Morgan fingerprint density at radius 2 is 2.00 bits per heavy atom. The molecule has 4 aromatic rings. The summed E-state index contributed by atoms with van der Waals surface area (Å²) in [5, 5.41) is 6.74. The van der Waals surface area contributed by atoms with Crippen LogP contribution < -0.4 is 5.32 Å². The van der Waals surface area contributed by atoms with Crippen molar-refractivity contribution in [2.24, 2.45) is 0 Å². The standard InChI is InChI=1S/C18H14N4O2S2/c1-10-7-15(14-8-19-9-24-14)25-16(10)12-3-5-13(6-4-12)20-18(23)17-11(2)21-22-26-17/h3-9H,1-2H3,(H,20,23). The zero-order chi connectivity index (χ0) is 18.1. The second-order valence-corrected chi connectivity index (χ2v) is 7.51. The molecule has 0 fully saturated rings. The molecule has 8 heteroatoms. The molecule has 0 unspecified atom stereocenters. The van der Waals surface area contributed by atoms with Crippen molar-refractivity contribution in [3.63, 3.8) is 0 Å². The number of rotatable bonds is 4. The predicted octanol–water partition coefficient (Wildman–Crippen LogP) is 4.79. The van der Waals surface area contributed by atoms with Gasteiger partial charge in [0.15, 0.2) is 12.2 Å². The van der Waals surface area contributed by atoms with Gasteiger partial charge in [-0.25, -0.2) is 4.98 Å². The Morgan fingerprint density at radius 3 is 2.65 bits per heavy atom. The number of nitrogens with one attached hydrogen (secondary N) is 1. The highest BCUT2D eigenvalue weighted by Crippen LogP contribution is 2.38. The third-order valence-electron chi connectivity index (χ3n) is 3.86. The fraction of sp³-hybridized carbons (Fsp3) is 0.111. The first kappa shape index (κ1) is 16.6. The second-order valence-electron chi connectivity index (χ2n) is 5.71. The van der Waals surface area contributed by atoms with E-state index in [1.165, 1.54) is 12.0 Å². The molecule has 0 aliphatic heterocycles. The molecule has 0 bridgehead atoms. The van der Waals surface area contributed by atoms with E-state index in [4.69, 9.17) is 4.42 Å². The zero-order valence-electron chi connectivity index (χ0n) is 14.0. The number of aromatic nitrogens is 3. The highest BCUT2D eigenvalue weighted by Gasteiger charge is 2.14. The van der Waals surface area contributed by atoms with Gasteiger partial charge in [-0.3, -0.25) is 4.79 Å². The summed E-state index contributed by atoms with van der Waals surface area (Å²) in [5.41, 5.74) is 3.63. The minimum atomic E-state index is -0.190. The molecular weight excluding hydrogens is 368 g/mol. The van der Waals surface area contributed by atoms with Crippen LogP contribution in [0.25, 0.3) is 21.1 Å². The van der Waals surface area contributed by atoms with Gasteiger partial charge < -0.3 is 9.73 Å². The van der Waals surface area contributed by atoms with Crippen LogP contribution in [-0.4, -0.2) is 20.5 Å². The van der Waals surface area contributed by atoms with Crippen LogP contribution in [0.1, 0.15) is 20.9 Å². The minimum Gasteiger partial charge on any atom is -0.443 e. The summed E-state index contributed by atoms with van der Waals surface area (Å²) in [6.45, 7) is 3.84. The van der Waals surface area contributed by atoms with Gasteiger partial charge in [0, 0.05) is 10.6 Å². The van der Waals surface area contributed by atoms with Crippen molar-refractivity contribution in [1.29, 1.82) is 0 Å². The van der Waals surface area contributed by atoms with Crippen molar-refractivity contribution < 1.29 is 9.21 Å². The van der Waals surface area contributed by atoms with Crippen molar-refractivity contribution in [3.8, 4) is 21.1 Å². The molecule has 0 saturated heterocycles. The SMILES string of the molecule is Cc1cc(-c2cnco2)sc1-c1ccc(NC(=O)c2snnc2C)cc1. The molecule has 130 valence electrons. The molecule has 26 heavy (non-hydrogen) atoms. The lowest BCUT2D eigenvalue weighted by atomic mass is 10.1. The summed E-state index contributed by atoms with van der Waals surface area (Å²) in [6, 6.07) is 9.87. The van der Waals surface area contributed by atoms with Crippen LogP contribution >= 0.6 is 22.9 Å². The second kappa shape index (κ2) is 6.81. The Kier molecular flexibility index (Phi) is 4.36. The van der Waals surface area contributed by atoms with Crippen LogP contribution in [0.2, 0.25) is 0 Å². The average molecular weight is 382 g/mol. The summed E-state index contributed by atoms with van der Waals surface area (Å²) in [4.78, 5) is 18.9. The molecule has 6 nitrogen and oxygen atoms in total. The molecule has 0 spiro atoms. The van der Waals surface area contributed by atoms with E-state index in [-0.39, 0.29) is 5.91 Å². The van der Waals surface area contributed by atoms with Gasteiger partial charge in [-0.15, -0.1) is 16.4 Å². The largest absolute Gasteiger partial charge is 0.443 e. The minimum absolute atomic E-state index is 0.190. The first-order chi connectivity index (χ1) is 12.6. The number of carbonyl (C=O) groups excluding carboxylic acids is 1. The monoisotopic (exact) mass is 382 g/mol. The van der Waals surface area contributed by atoms with Gasteiger partial charge in [0.2, 0.25) is 0 Å². The highest BCUT2D eigenvalue weighted by molar-refractivity contribution is 7.19. The van der Waals surface area contributed by atoms with Gasteiger partial charge >= 0.3 is 0 Å². The smallest absolute Gasteiger partial charge is 0.269 e. The van der Waals surface area contributed by atoms with Crippen molar-refractivity contribution in [1.82, 2.24) is 14.6 Å². The number of hydrogen-bond acceptors (Lipinski definition) is 7. The maximum atomic E-state index is 12.2. The Labute approximate surface area is 157 Å². The molecule has 1 aromatic carbocycles. The van der Waals surface area contributed by atoms with Crippen LogP contribution in [0, 0.1) is 13.8 Å². The lowest BCUT2D eigenvalue weighted by Gasteiger charge is -2.05. The highest BCUT2D eigenvalue weighted by atomic mass is 32.1. The van der Waals surface area contributed by atoms with Crippen molar-refractivity contribution >= 4 is 34.5 Å². The fourth-order valence-corrected chi connectivity index (χ4v) is 4.24. The molecule has 3 aromatic heterocycles. The molecule has 0 aliphatic rings. The predicted molar refractivity (Wildman–Crippen MR) is 103 cm³/mol. The quantitative estimate of drug-likeness (QED) is 0.549. The summed E-state index contributed by atoms with van der Waals surface area (Å²) >= 11 is 2.75. The molecule has 4 rings (SSSR count). The lowest BCUT2D eigenvalue weighted by molar-refractivity contribution is 0.103. The van der Waals surface area contributed by atoms with Gasteiger partial charge in [0.05, 0.1) is 16.8 Å². The van der Waals surface area contributed by atoms with Gasteiger partial charge in [-0.05, 0) is 54.7 Å². The first-order valence-corrected chi connectivity index (χ1v) is 9.41. The van der Waals surface area contributed by atoms with Crippen molar-refractivity contribution in [2.75, 3.05) is 5.32 Å². The number of oxazole rings is 1. The molecule has 1 N–H and O–H groups in total. The maximum absolute atomic E-state index is 12.2. The summed E-state index contributed by atoms with van der Waals surface area (Å²) < 4.78 is 9.17. The molecule has 0 aliphatic carbocycles. The van der Waals surface area contributed by atoms with Crippen molar-refractivity contribution in [3.05, 3.63) is 59.1 Å². The number of aryl methyl sites for hydroxylation is 2. The number of hydrogen-bond donors (Lipinski definition) is 1. The Morgan fingerprint density at radius 1 is 1.19 bits per heavy atom. The number of anilines is 1. The zero-order valence-corrected chi connectivity index (χ0v) is 15.6. The summed E-state index contributed by atoms with van der Waals surface area (Å²) in [7, 11) is 0. The number of thiophene rings is 1. The van der Waals surface area contributed by atoms with Crippen molar-refractivity contribution in [2.45, 2.75) is 13.8 Å². The first-order valence-electron chi connectivity index (χ1n) is 7.82. The van der Waals surface area contributed by atoms with E-state index in [1.807, 2.05) is 24.3 Å². The van der Waals surface area contributed by atoms with Crippen LogP contribution in [0.15, 0.2) is 47.3 Å². The number of nitrogens with zero attached hydrogens (tertiary/aromatic N) is 3. The van der Waals surface area contributed by atoms with Crippen LogP contribution in [0.5, 0.6) is 0 Å².